The van der Waals surface area contributed by atoms with Crippen molar-refractivity contribution >= 4 is 5.91 Å². The van der Waals surface area contributed by atoms with Crippen molar-refractivity contribution in [3.05, 3.63) is 47.1 Å². The number of carbonyl (C=O) groups is 1. The molecule has 2 aromatic rings. The number of benzene rings is 1. The maximum Gasteiger partial charge on any atom is 0.254 e. The average Bonchev–Trinajstić information content (AvgIpc) is 3.33. The fourth-order valence-electron chi connectivity index (χ4n) is 3.63. The van der Waals surface area contributed by atoms with Gasteiger partial charge in [0.25, 0.3) is 5.91 Å². The van der Waals surface area contributed by atoms with Crippen molar-refractivity contribution in [1.82, 2.24) is 15.0 Å². The summed E-state index contributed by atoms with van der Waals surface area (Å²) in [5, 5.41) is 4.14. The number of hydrogen-bond acceptors (Lipinski definition) is 5. The van der Waals surface area contributed by atoms with E-state index >= 15 is 0 Å². The van der Waals surface area contributed by atoms with Crippen molar-refractivity contribution in [2.45, 2.75) is 38.0 Å². The first-order valence-corrected chi connectivity index (χ1v) is 8.98. The lowest BCUT2D eigenvalue weighted by Gasteiger charge is -2.30. The van der Waals surface area contributed by atoms with E-state index in [9.17, 15) is 4.79 Å². The Balaban J connectivity index is 1.38. The highest BCUT2D eigenvalue weighted by Crippen LogP contribution is 2.30. The molecule has 2 fully saturated rings. The number of ether oxygens (including phenoxy) is 1. The van der Waals surface area contributed by atoms with Crippen molar-refractivity contribution in [1.29, 1.82) is 0 Å². The summed E-state index contributed by atoms with van der Waals surface area (Å²) in [6.45, 7) is 4.88. The average molecular weight is 341 g/mol. The van der Waals surface area contributed by atoms with Gasteiger partial charge in [-0.2, -0.15) is 4.98 Å². The molecule has 2 aliphatic heterocycles. The predicted molar refractivity (Wildman–Crippen MR) is 91.5 cm³/mol. The maximum atomic E-state index is 12.7. The summed E-state index contributed by atoms with van der Waals surface area (Å²) in [4.78, 5) is 19.2. The Morgan fingerprint density at radius 2 is 1.96 bits per heavy atom. The van der Waals surface area contributed by atoms with Gasteiger partial charge < -0.3 is 14.2 Å². The largest absolute Gasteiger partial charge is 0.381 e. The number of carbonyl (C=O) groups excluding carboxylic acids is 1. The molecule has 2 saturated heterocycles. The van der Waals surface area contributed by atoms with Crippen LogP contribution in [0.15, 0.2) is 28.8 Å². The highest BCUT2D eigenvalue weighted by atomic mass is 16.5. The first kappa shape index (κ1) is 16.3. The number of hydrogen-bond donors (Lipinski definition) is 0. The Hall–Kier alpha value is -2.21. The molecule has 0 radical (unpaired) electrons. The number of likely N-dealkylation sites (tertiary alicyclic amines) is 1. The molecule has 0 unspecified atom stereocenters. The van der Waals surface area contributed by atoms with E-state index in [1.165, 1.54) is 0 Å². The molecule has 0 N–H and O–H groups in total. The molecule has 2 aliphatic rings. The Labute approximate surface area is 147 Å². The molecular weight excluding hydrogens is 318 g/mol. The smallest absolute Gasteiger partial charge is 0.254 e. The van der Waals surface area contributed by atoms with Crippen LogP contribution in [0.2, 0.25) is 0 Å². The number of aromatic nitrogens is 2. The van der Waals surface area contributed by atoms with Gasteiger partial charge in [-0.25, -0.2) is 0 Å². The van der Waals surface area contributed by atoms with Gasteiger partial charge in [-0.1, -0.05) is 23.4 Å². The normalized spacial score (nSPS) is 21.6. The molecule has 0 saturated carbocycles. The van der Waals surface area contributed by atoms with Crippen molar-refractivity contribution in [3.8, 4) is 0 Å². The Kier molecular flexibility index (Phi) is 4.53. The SMILES string of the molecule is Cc1ccccc1C(=O)N1CCC(c2nc([C@H]3CCOC3)no2)CC1. The summed E-state index contributed by atoms with van der Waals surface area (Å²) in [7, 11) is 0. The van der Waals surface area contributed by atoms with E-state index in [4.69, 9.17) is 9.26 Å². The third-order valence-corrected chi connectivity index (χ3v) is 5.26. The highest BCUT2D eigenvalue weighted by molar-refractivity contribution is 5.95. The molecule has 6 heteroatoms. The zero-order chi connectivity index (χ0) is 17.2. The second-order valence-corrected chi connectivity index (χ2v) is 6.93. The molecule has 0 spiro atoms. The van der Waals surface area contributed by atoms with E-state index in [1.54, 1.807) is 0 Å². The molecular formula is C19H23N3O3. The van der Waals surface area contributed by atoms with E-state index in [2.05, 4.69) is 10.1 Å². The van der Waals surface area contributed by atoms with Gasteiger partial charge in [0.2, 0.25) is 5.89 Å². The van der Waals surface area contributed by atoms with Crippen LogP contribution in [0.25, 0.3) is 0 Å². The summed E-state index contributed by atoms with van der Waals surface area (Å²) in [5.74, 6) is 2.10. The number of nitrogens with zero attached hydrogens (tertiary/aromatic N) is 3. The fourth-order valence-corrected chi connectivity index (χ4v) is 3.63. The first-order valence-electron chi connectivity index (χ1n) is 8.98. The Bertz CT molecular complexity index is 744. The van der Waals surface area contributed by atoms with Crippen LogP contribution in [0.3, 0.4) is 0 Å². The lowest BCUT2D eigenvalue weighted by atomic mass is 9.95. The Morgan fingerprint density at radius 1 is 1.16 bits per heavy atom. The second kappa shape index (κ2) is 6.96. The zero-order valence-corrected chi connectivity index (χ0v) is 14.5. The first-order chi connectivity index (χ1) is 12.2. The van der Waals surface area contributed by atoms with Crippen LogP contribution in [0.1, 0.15) is 58.7 Å². The van der Waals surface area contributed by atoms with Gasteiger partial charge in [0, 0.05) is 37.1 Å². The van der Waals surface area contributed by atoms with Crippen LogP contribution in [-0.4, -0.2) is 47.3 Å². The second-order valence-electron chi connectivity index (χ2n) is 6.93. The lowest BCUT2D eigenvalue weighted by Crippen LogP contribution is -2.38. The molecule has 1 aromatic carbocycles. The van der Waals surface area contributed by atoms with Gasteiger partial charge in [-0.05, 0) is 37.8 Å². The lowest BCUT2D eigenvalue weighted by molar-refractivity contribution is 0.0704. The van der Waals surface area contributed by atoms with E-state index in [0.717, 1.165) is 55.9 Å². The minimum Gasteiger partial charge on any atom is -0.381 e. The molecule has 132 valence electrons. The molecule has 1 atom stereocenters. The van der Waals surface area contributed by atoms with Crippen LogP contribution in [0.5, 0.6) is 0 Å². The Morgan fingerprint density at radius 3 is 2.68 bits per heavy atom. The molecule has 0 aliphatic carbocycles. The monoisotopic (exact) mass is 341 g/mol. The van der Waals surface area contributed by atoms with Gasteiger partial charge in [0.1, 0.15) is 0 Å². The molecule has 1 aromatic heterocycles. The van der Waals surface area contributed by atoms with Gasteiger partial charge in [0.05, 0.1) is 6.61 Å². The molecule has 0 bridgehead atoms. The highest BCUT2D eigenvalue weighted by Gasteiger charge is 2.30. The van der Waals surface area contributed by atoms with Crippen molar-refractivity contribution in [2.75, 3.05) is 26.3 Å². The quantitative estimate of drug-likeness (QED) is 0.858. The molecule has 25 heavy (non-hydrogen) atoms. The van der Waals surface area contributed by atoms with Gasteiger partial charge in [-0.15, -0.1) is 0 Å². The number of rotatable bonds is 3. The van der Waals surface area contributed by atoms with E-state index < -0.39 is 0 Å². The minimum atomic E-state index is 0.117. The summed E-state index contributed by atoms with van der Waals surface area (Å²) in [6.07, 6.45) is 2.68. The third-order valence-electron chi connectivity index (χ3n) is 5.26. The number of amides is 1. The summed E-state index contributed by atoms with van der Waals surface area (Å²) in [6, 6.07) is 7.75. The maximum absolute atomic E-state index is 12.7. The standard InChI is InChI=1S/C19H23N3O3/c1-13-4-2-3-5-16(13)19(23)22-9-6-14(7-10-22)18-20-17(21-25-18)15-8-11-24-12-15/h2-5,14-15H,6-12H2,1H3/t15-/m0/s1. The zero-order valence-electron chi connectivity index (χ0n) is 14.5. The number of aryl methyl sites for hydroxylation is 1. The summed E-state index contributed by atoms with van der Waals surface area (Å²) >= 11 is 0. The predicted octanol–water partition coefficient (Wildman–Crippen LogP) is 2.90. The van der Waals surface area contributed by atoms with Crippen LogP contribution >= 0.6 is 0 Å². The molecule has 6 nitrogen and oxygen atoms in total. The fraction of sp³-hybridized carbons (Fsp3) is 0.526. The van der Waals surface area contributed by atoms with E-state index in [-0.39, 0.29) is 17.7 Å². The molecule has 3 heterocycles. The third kappa shape index (κ3) is 3.31. The number of piperidine rings is 1. The van der Waals surface area contributed by atoms with Gasteiger partial charge >= 0.3 is 0 Å². The molecule has 1 amide bonds. The van der Waals surface area contributed by atoms with Crippen LogP contribution in [0, 0.1) is 6.92 Å². The van der Waals surface area contributed by atoms with Crippen molar-refractivity contribution < 1.29 is 14.1 Å². The van der Waals surface area contributed by atoms with Crippen LogP contribution in [-0.2, 0) is 4.74 Å². The molecule has 4 rings (SSSR count). The van der Waals surface area contributed by atoms with E-state index in [0.29, 0.717) is 12.5 Å². The van der Waals surface area contributed by atoms with Crippen molar-refractivity contribution in [2.24, 2.45) is 0 Å². The topological polar surface area (TPSA) is 68.5 Å². The van der Waals surface area contributed by atoms with Gasteiger partial charge in [0.15, 0.2) is 5.82 Å². The van der Waals surface area contributed by atoms with Gasteiger partial charge in [-0.3, -0.25) is 4.79 Å². The van der Waals surface area contributed by atoms with Crippen LogP contribution < -0.4 is 0 Å². The summed E-state index contributed by atoms with van der Waals surface area (Å²) < 4.78 is 10.9. The van der Waals surface area contributed by atoms with E-state index in [1.807, 2.05) is 36.1 Å². The van der Waals surface area contributed by atoms with Crippen molar-refractivity contribution in [3.63, 3.8) is 0 Å². The minimum absolute atomic E-state index is 0.117. The summed E-state index contributed by atoms with van der Waals surface area (Å²) in [5.41, 5.74) is 1.82. The van der Waals surface area contributed by atoms with Crippen LogP contribution in [0.4, 0.5) is 0 Å².